The Bertz CT molecular complexity index is 913. The van der Waals surface area contributed by atoms with Crippen LogP contribution in [-0.2, 0) is 19.6 Å². The molecule has 1 aromatic carbocycles. The van der Waals surface area contributed by atoms with Gasteiger partial charge in [0.15, 0.2) is 0 Å². The fourth-order valence-corrected chi connectivity index (χ4v) is 4.26. The molecule has 1 aliphatic heterocycles. The molecular formula is C16H19ClF3N3O5S. The maximum Gasteiger partial charge on any atom is 0.426 e. The van der Waals surface area contributed by atoms with Gasteiger partial charge in [-0.25, -0.2) is 8.42 Å². The van der Waals surface area contributed by atoms with Crippen LogP contribution in [0.5, 0.6) is 0 Å². The minimum atomic E-state index is -5.21. The zero-order valence-electron chi connectivity index (χ0n) is 15.5. The molecular weight excluding hydrogens is 439 g/mol. The molecule has 1 heterocycles. The second-order valence-corrected chi connectivity index (χ2v) is 8.92. The topological polar surface area (TPSA) is 107 Å². The van der Waals surface area contributed by atoms with Crippen LogP contribution in [0.15, 0.2) is 23.1 Å². The summed E-state index contributed by atoms with van der Waals surface area (Å²) in [6.07, 6.45) is -5.21. The molecule has 8 nitrogen and oxygen atoms in total. The smallest absolute Gasteiger partial charge is 0.373 e. The number of rotatable bonds is 4. The van der Waals surface area contributed by atoms with Crippen molar-refractivity contribution in [3.8, 4) is 0 Å². The Morgan fingerprint density at radius 2 is 1.72 bits per heavy atom. The van der Waals surface area contributed by atoms with E-state index in [1.807, 2.05) is 5.32 Å². The summed E-state index contributed by atoms with van der Waals surface area (Å²) in [7, 11) is -3.96. The third-order valence-corrected chi connectivity index (χ3v) is 6.71. The van der Waals surface area contributed by atoms with Gasteiger partial charge in [-0.2, -0.15) is 17.5 Å². The third kappa shape index (κ3) is 4.82. The SMILES string of the molecule is CC(=O)N1CCN(S(=O)(=O)c2ccc(NC(=O)C(C)(O)C(F)(F)F)c(Cl)c2)CC1. The van der Waals surface area contributed by atoms with Crippen LogP contribution < -0.4 is 5.32 Å². The van der Waals surface area contributed by atoms with Gasteiger partial charge in [-0.3, -0.25) is 9.59 Å². The maximum absolute atomic E-state index is 12.7. The van der Waals surface area contributed by atoms with Gasteiger partial charge in [0.2, 0.25) is 21.5 Å². The van der Waals surface area contributed by atoms with Gasteiger partial charge in [0.1, 0.15) is 0 Å². The largest absolute Gasteiger partial charge is 0.426 e. The highest BCUT2D eigenvalue weighted by molar-refractivity contribution is 7.89. The van der Waals surface area contributed by atoms with E-state index in [9.17, 15) is 36.3 Å². The highest BCUT2D eigenvalue weighted by atomic mass is 35.5. The molecule has 0 spiro atoms. The molecule has 2 rings (SSSR count). The lowest BCUT2D eigenvalue weighted by atomic mass is 10.1. The fourth-order valence-electron chi connectivity index (χ4n) is 2.52. The van der Waals surface area contributed by atoms with Crippen molar-refractivity contribution in [2.24, 2.45) is 0 Å². The molecule has 0 bridgehead atoms. The number of anilines is 1. The molecule has 0 aliphatic carbocycles. The molecule has 1 unspecified atom stereocenters. The number of sulfonamides is 1. The number of piperazine rings is 1. The number of hydrogen-bond acceptors (Lipinski definition) is 5. The Balaban J connectivity index is 2.19. The number of carbonyl (C=O) groups excluding carboxylic acids is 2. The average molecular weight is 458 g/mol. The molecule has 1 saturated heterocycles. The lowest BCUT2D eigenvalue weighted by molar-refractivity contribution is -0.242. The standard InChI is InChI=1S/C16H19ClF3N3O5S/c1-10(24)22-5-7-23(8-6-22)29(27,28)11-3-4-13(12(17)9-11)21-14(25)15(2,26)16(18,19)20/h3-4,9,26H,5-8H2,1-2H3,(H,21,25). The molecule has 0 radical (unpaired) electrons. The van der Waals surface area contributed by atoms with Gasteiger partial charge in [0, 0.05) is 33.1 Å². The minimum Gasteiger partial charge on any atom is -0.373 e. The van der Waals surface area contributed by atoms with E-state index < -0.39 is 27.7 Å². The van der Waals surface area contributed by atoms with E-state index in [1.165, 1.54) is 11.8 Å². The van der Waals surface area contributed by atoms with E-state index in [1.54, 1.807) is 0 Å². The first-order chi connectivity index (χ1) is 13.2. The zero-order chi connectivity index (χ0) is 22.2. The Morgan fingerprint density at radius 3 is 2.17 bits per heavy atom. The van der Waals surface area contributed by atoms with Crippen LogP contribution >= 0.6 is 11.6 Å². The first-order valence-electron chi connectivity index (χ1n) is 8.33. The minimum absolute atomic E-state index is 0.0759. The Morgan fingerprint density at radius 1 is 1.17 bits per heavy atom. The number of aliphatic hydroxyl groups is 1. The highest BCUT2D eigenvalue weighted by Gasteiger charge is 2.55. The van der Waals surface area contributed by atoms with Gasteiger partial charge >= 0.3 is 6.18 Å². The number of nitrogens with zero attached hydrogens (tertiary/aromatic N) is 2. The Hall–Kier alpha value is -1.89. The summed E-state index contributed by atoms with van der Waals surface area (Å²) in [4.78, 5) is 24.4. The first-order valence-corrected chi connectivity index (χ1v) is 10.2. The lowest BCUT2D eigenvalue weighted by Gasteiger charge is -2.33. The lowest BCUT2D eigenvalue weighted by Crippen LogP contribution is -2.52. The van der Waals surface area contributed by atoms with E-state index in [4.69, 9.17) is 11.6 Å². The average Bonchev–Trinajstić information content (AvgIpc) is 2.62. The summed E-state index contributed by atoms with van der Waals surface area (Å²) in [5, 5.41) is 10.9. The zero-order valence-corrected chi connectivity index (χ0v) is 17.0. The molecule has 162 valence electrons. The molecule has 1 aromatic rings. The highest BCUT2D eigenvalue weighted by Crippen LogP contribution is 2.33. The van der Waals surface area contributed by atoms with Gasteiger partial charge in [0.05, 0.1) is 15.6 Å². The van der Waals surface area contributed by atoms with E-state index in [0.717, 1.165) is 22.5 Å². The number of hydrogen-bond donors (Lipinski definition) is 2. The normalized spacial score (nSPS) is 18.2. The van der Waals surface area contributed by atoms with Crippen molar-refractivity contribution in [3.63, 3.8) is 0 Å². The number of amides is 2. The number of nitrogens with one attached hydrogen (secondary N) is 1. The van der Waals surface area contributed by atoms with Crippen molar-refractivity contribution in [1.82, 2.24) is 9.21 Å². The van der Waals surface area contributed by atoms with Crippen LogP contribution in [-0.4, -0.2) is 72.5 Å². The van der Waals surface area contributed by atoms with E-state index in [-0.39, 0.29) is 54.6 Å². The predicted octanol–water partition coefficient (Wildman–Crippen LogP) is 1.44. The maximum atomic E-state index is 12.7. The van der Waals surface area contributed by atoms with Gasteiger partial charge in [-0.1, -0.05) is 11.6 Å². The van der Waals surface area contributed by atoms with Gasteiger partial charge in [-0.05, 0) is 25.1 Å². The van der Waals surface area contributed by atoms with Crippen LogP contribution in [0.3, 0.4) is 0 Å². The summed E-state index contributed by atoms with van der Waals surface area (Å²) in [6, 6.07) is 3.11. The van der Waals surface area contributed by atoms with Crippen LogP contribution in [0.1, 0.15) is 13.8 Å². The van der Waals surface area contributed by atoms with Crippen molar-refractivity contribution in [1.29, 1.82) is 0 Å². The van der Waals surface area contributed by atoms with Crippen LogP contribution in [0.4, 0.5) is 18.9 Å². The molecule has 29 heavy (non-hydrogen) atoms. The van der Waals surface area contributed by atoms with E-state index in [0.29, 0.717) is 0 Å². The van der Waals surface area contributed by atoms with Gasteiger partial charge < -0.3 is 15.3 Å². The molecule has 1 atom stereocenters. The molecule has 0 saturated carbocycles. The first kappa shape index (κ1) is 23.4. The van der Waals surface area contributed by atoms with Crippen LogP contribution in [0.2, 0.25) is 5.02 Å². The summed E-state index contributed by atoms with van der Waals surface area (Å²) in [6.45, 7) is 2.27. The van der Waals surface area contributed by atoms with Crippen molar-refractivity contribution in [2.45, 2.75) is 30.5 Å². The quantitative estimate of drug-likeness (QED) is 0.711. The number of halogens is 4. The number of benzene rings is 1. The van der Waals surface area contributed by atoms with Crippen molar-refractivity contribution in [3.05, 3.63) is 23.2 Å². The predicted molar refractivity (Wildman–Crippen MR) is 97.8 cm³/mol. The number of alkyl halides is 3. The summed E-state index contributed by atoms with van der Waals surface area (Å²) in [5.74, 6) is -1.93. The molecule has 2 amide bonds. The van der Waals surface area contributed by atoms with E-state index in [2.05, 4.69) is 0 Å². The second kappa shape index (κ2) is 8.09. The van der Waals surface area contributed by atoms with Gasteiger partial charge in [-0.15, -0.1) is 0 Å². The van der Waals surface area contributed by atoms with Crippen molar-refractivity contribution in [2.75, 3.05) is 31.5 Å². The summed E-state index contributed by atoms with van der Waals surface area (Å²) in [5.41, 5.74) is -3.95. The van der Waals surface area contributed by atoms with E-state index >= 15 is 0 Å². The van der Waals surface area contributed by atoms with Crippen LogP contribution in [0.25, 0.3) is 0 Å². The van der Waals surface area contributed by atoms with Crippen molar-refractivity contribution >= 4 is 39.1 Å². The van der Waals surface area contributed by atoms with Crippen LogP contribution in [0, 0.1) is 0 Å². The summed E-state index contributed by atoms with van der Waals surface area (Å²) >= 11 is 5.93. The fraction of sp³-hybridized carbons (Fsp3) is 0.500. The van der Waals surface area contributed by atoms with Gasteiger partial charge in [0.25, 0.3) is 5.91 Å². The van der Waals surface area contributed by atoms with Crippen molar-refractivity contribution < 1.29 is 36.3 Å². The monoisotopic (exact) mass is 457 g/mol. The molecule has 2 N–H and O–H groups in total. The third-order valence-electron chi connectivity index (χ3n) is 4.50. The molecule has 0 aromatic heterocycles. The second-order valence-electron chi connectivity index (χ2n) is 6.58. The molecule has 13 heteroatoms. The Kier molecular flexibility index (Phi) is 6.52. The Labute approximate surface area is 170 Å². The molecule has 1 aliphatic rings. The molecule has 1 fully saturated rings. The number of carbonyl (C=O) groups is 2. The summed E-state index contributed by atoms with van der Waals surface area (Å²) < 4.78 is 64.8.